The lowest BCUT2D eigenvalue weighted by atomic mass is 10.2. The Morgan fingerprint density at radius 1 is 1.10 bits per heavy atom. The van der Waals surface area contributed by atoms with Gasteiger partial charge in [-0.15, -0.1) is 11.3 Å². The van der Waals surface area contributed by atoms with Crippen LogP contribution >= 0.6 is 22.9 Å². The number of thiophene rings is 1. The summed E-state index contributed by atoms with van der Waals surface area (Å²) in [6.07, 6.45) is 0. The van der Waals surface area contributed by atoms with E-state index in [1.54, 1.807) is 36.4 Å². The maximum atomic E-state index is 12.0. The molecule has 1 heterocycles. The minimum absolute atomic E-state index is 0.0662. The Morgan fingerprint density at radius 2 is 1.76 bits per heavy atom. The number of benzene rings is 1. The van der Waals surface area contributed by atoms with E-state index in [1.807, 2.05) is 13.8 Å². The number of hydrogen-bond acceptors (Lipinski definition) is 3. The summed E-state index contributed by atoms with van der Waals surface area (Å²) in [6, 6.07) is 10.4. The molecule has 0 aliphatic carbocycles. The monoisotopic (exact) mass is 322 g/mol. The first-order valence-corrected chi connectivity index (χ1v) is 7.63. The Kier molecular flexibility index (Phi) is 4.98. The van der Waals surface area contributed by atoms with Crippen molar-refractivity contribution in [3.05, 3.63) is 45.6 Å². The van der Waals surface area contributed by atoms with Crippen LogP contribution in [-0.4, -0.2) is 11.8 Å². The molecule has 110 valence electrons. The number of hydrogen-bond donors (Lipinski definition) is 2. The first kappa shape index (κ1) is 15.5. The van der Waals surface area contributed by atoms with Gasteiger partial charge < -0.3 is 10.6 Å². The number of nitrogens with one attached hydrogen (secondary N) is 2. The van der Waals surface area contributed by atoms with E-state index in [0.29, 0.717) is 20.6 Å². The Balaban J connectivity index is 2.07. The SMILES string of the molecule is CC(C)C(=O)Nc1cccc(NC(=O)c2ccc(Cl)s2)c1. The van der Waals surface area contributed by atoms with E-state index in [0.717, 1.165) is 0 Å². The van der Waals surface area contributed by atoms with E-state index in [9.17, 15) is 9.59 Å². The summed E-state index contributed by atoms with van der Waals surface area (Å²) < 4.78 is 0.568. The molecule has 2 aromatic rings. The molecule has 0 spiro atoms. The van der Waals surface area contributed by atoms with Crippen LogP contribution in [0.5, 0.6) is 0 Å². The van der Waals surface area contributed by atoms with Crippen molar-refractivity contribution in [1.82, 2.24) is 0 Å². The quantitative estimate of drug-likeness (QED) is 0.884. The Hall–Kier alpha value is -1.85. The van der Waals surface area contributed by atoms with Crippen LogP contribution in [-0.2, 0) is 4.79 Å². The fourth-order valence-electron chi connectivity index (χ4n) is 1.59. The summed E-state index contributed by atoms with van der Waals surface area (Å²) in [6.45, 7) is 3.64. The van der Waals surface area contributed by atoms with Gasteiger partial charge in [0.15, 0.2) is 0 Å². The van der Waals surface area contributed by atoms with E-state index >= 15 is 0 Å². The number of carbonyl (C=O) groups excluding carboxylic acids is 2. The predicted molar refractivity (Wildman–Crippen MR) is 87.2 cm³/mol. The molecule has 6 heteroatoms. The standard InChI is InChI=1S/C15H15ClN2O2S/c1-9(2)14(19)17-10-4-3-5-11(8-10)18-15(20)12-6-7-13(16)21-12/h3-9H,1-2H3,(H,17,19)(H,18,20). The van der Waals surface area contributed by atoms with Crippen molar-refractivity contribution >= 4 is 46.1 Å². The third-order valence-electron chi connectivity index (χ3n) is 2.71. The Morgan fingerprint density at radius 3 is 2.33 bits per heavy atom. The zero-order valence-corrected chi connectivity index (χ0v) is 13.2. The van der Waals surface area contributed by atoms with Crippen molar-refractivity contribution in [3.8, 4) is 0 Å². The fourth-order valence-corrected chi connectivity index (χ4v) is 2.53. The van der Waals surface area contributed by atoms with Gasteiger partial charge in [-0.2, -0.15) is 0 Å². The van der Waals surface area contributed by atoms with Crippen molar-refractivity contribution in [1.29, 1.82) is 0 Å². The number of anilines is 2. The largest absolute Gasteiger partial charge is 0.326 e. The lowest BCUT2D eigenvalue weighted by Gasteiger charge is -2.09. The molecule has 4 nitrogen and oxygen atoms in total. The lowest BCUT2D eigenvalue weighted by Crippen LogP contribution is -2.18. The Labute approximate surface area is 132 Å². The van der Waals surface area contributed by atoms with Crippen molar-refractivity contribution < 1.29 is 9.59 Å². The summed E-state index contributed by atoms with van der Waals surface area (Å²) in [5.41, 5.74) is 1.27. The van der Waals surface area contributed by atoms with E-state index in [-0.39, 0.29) is 17.7 Å². The third-order valence-corrected chi connectivity index (χ3v) is 3.94. The minimum Gasteiger partial charge on any atom is -0.326 e. The summed E-state index contributed by atoms with van der Waals surface area (Å²) in [7, 11) is 0. The normalized spacial score (nSPS) is 10.5. The zero-order valence-electron chi connectivity index (χ0n) is 11.6. The smallest absolute Gasteiger partial charge is 0.265 e. The molecule has 0 atom stereocenters. The van der Waals surface area contributed by atoms with Gasteiger partial charge in [-0.1, -0.05) is 31.5 Å². The van der Waals surface area contributed by atoms with Gasteiger partial charge in [0.05, 0.1) is 9.21 Å². The average Bonchev–Trinajstić information content (AvgIpc) is 2.86. The highest BCUT2D eigenvalue weighted by Crippen LogP contribution is 2.23. The summed E-state index contributed by atoms with van der Waals surface area (Å²) in [5.74, 6) is -0.390. The molecule has 21 heavy (non-hydrogen) atoms. The van der Waals surface area contributed by atoms with Crippen molar-refractivity contribution in [2.75, 3.05) is 10.6 Å². The van der Waals surface area contributed by atoms with Gasteiger partial charge in [0.1, 0.15) is 0 Å². The highest BCUT2D eigenvalue weighted by molar-refractivity contribution is 7.18. The van der Waals surface area contributed by atoms with E-state index in [2.05, 4.69) is 10.6 Å². The van der Waals surface area contributed by atoms with Gasteiger partial charge in [0, 0.05) is 17.3 Å². The fraction of sp³-hybridized carbons (Fsp3) is 0.200. The molecular formula is C15H15ClN2O2S. The Bertz CT molecular complexity index is 667. The van der Waals surface area contributed by atoms with Crippen LogP contribution in [0.2, 0.25) is 4.34 Å². The van der Waals surface area contributed by atoms with Crippen molar-refractivity contribution in [3.63, 3.8) is 0 Å². The molecule has 0 saturated carbocycles. The number of amides is 2. The van der Waals surface area contributed by atoms with Gasteiger partial charge in [0.25, 0.3) is 5.91 Å². The summed E-state index contributed by atoms with van der Waals surface area (Å²) >= 11 is 7.03. The second kappa shape index (κ2) is 6.74. The molecule has 1 aromatic heterocycles. The molecule has 0 bridgehead atoms. The van der Waals surface area contributed by atoms with Gasteiger partial charge in [-0.25, -0.2) is 0 Å². The molecule has 0 fully saturated rings. The second-order valence-corrected chi connectivity index (χ2v) is 6.50. The molecule has 0 aliphatic heterocycles. The molecule has 2 amide bonds. The van der Waals surface area contributed by atoms with Crippen LogP contribution < -0.4 is 10.6 Å². The lowest BCUT2D eigenvalue weighted by molar-refractivity contribution is -0.118. The minimum atomic E-state index is -0.223. The summed E-state index contributed by atoms with van der Waals surface area (Å²) in [5, 5.41) is 5.57. The number of carbonyl (C=O) groups is 2. The van der Waals surface area contributed by atoms with Gasteiger partial charge in [-0.3, -0.25) is 9.59 Å². The van der Waals surface area contributed by atoms with E-state index < -0.39 is 0 Å². The topological polar surface area (TPSA) is 58.2 Å². The molecular weight excluding hydrogens is 308 g/mol. The first-order chi connectivity index (χ1) is 9.95. The second-order valence-electron chi connectivity index (χ2n) is 4.78. The van der Waals surface area contributed by atoms with Gasteiger partial charge >= 0.3 is 0 Å². The van der Waals surface area contributed by atoms with Crippen LogP contribution in [0.15, 0.2) is 36.4 Å². The van der Waals surface area contributed by atoms with Gasteiger partial charge in [-0.05, 0) is 30.3 Å². The van der Waals surface area contributed by atoms with Crippen LogP contribution in [0.1, 0.15) is 23.5 Å². The molecule has 0 unspecified atom stereocenters. The molecule has 0 saturated heterocycles. The zero-order chi connectivity index (χ0) is 15.4. The van der Waals surface area contributed by atoms with Gasteiger partial charge in [0.2, 0.25) is 5.91 Å². The molecule has 0 radical (unpaired) electrons. The van der Waals surface area contributed by atoms with Crippen LogP contribution in [0, 0.1) is 5.92 Å². The van der Waals surface area contributed by atoms with Crippen LogP contribution in [0.25, 0.3) is 0 Å². The van der Waals surface area contributed by atoms with E-state index in [1.165, 1.54) is 11.3 Å². The van der Waals surface area contributed by atoms with E-state index in [4.69, 9.17) is 11.6 Å². The molecule has 2 rings (SSSR count). The van der Waals surface area contributed by atoms with Crippen LogP contribution in [0.4, 0.5) is 11.4 Å². The van der Waals surface area contributed by atoms with Crippen LogP contribution in [0.3, 0.4) is 0 Å². The maximum Gasteiger partial charge on any atom is 0.265 e. The molecule has 0 aliphatic rings. The highest BCUT2D eigenvalue weighted by atomic mass is 35.5. The molecule has 1 aromatic carbocycles. The van der Waals surface area contributed by atoms with Crippen molar-refractivity contribution in [2.45, 2.75) is 13.8 Å². The molecule has 2 N–H and O–H groups in total. The predicted octanol–water partition coefficient (Wildman–Crippen LogP) is 4.25. The number of halogens is 1. The maximum absolute atomic E-state index is 12.0. The number of rotatable bonds is 4. The summed E-state index contributed by atoms with van der Waals surface area (Å²) in [4.78, 5) is 24.2. The average molecular weight is 323 g/mol. The highest BCUT2D eigenvalue weighted by Gasteiger charge is 2.10. The van der Waals surface area contributed by atoms with Crippen molar-refractivity contribution in [2.24, 2.45) is 5.92 Å². The third kappa shape index (κ3) is 4.31. The first-order valence-electron chi connectivity index (χ1n) is 6.43.